The second-order valence-corrected chi connectivity index (χ2v) is 4.57. The number of amidine groups is 1. The van der Waals surface area contributed by atoms with Crippen LogP contribution in [0.2, 0.25) is 0 Å². The Hall–Kier alpha value is -1.92. The zero-order valence-corrected chi connectivity index (χ0v) is 11.3. The van der Waals surface area contributed by atoms with E-state index in [0.717, 1.165) is 12.1 Å². The van der Waals surface area contributed by atoms with Gasteiger partial charge in [-0.25, -0.2) is 0 Å². The molecule has 1 unspecified atom stereocenters. The average Bonchev–Trinajstić information content (AvgIpc) is 2.38. The predicted octanol–water partition coefficient (Wildman–Crippen LogP) is 3.34. The Morgan fingerprint density at radius 1 is 1.45 bits per heavy atom. The summed E-state index contributed by atoms with van der Waals surface area (Å²) in [5.74, 6) is 0.0361. The van der Waals surface area contributed by atoms with Crippen LogP contribution in [0.5, 0.6) is 0 Å². The van der Waals surface area contributed by atoms with E-state index in [1.807, 2.05) is 6.92 Å². The Labute approximate surface area is 115 Å². The molecule has 1 aromatic carbocycles. The van der Waals surface area contributed by atoms with Crippen LogP contribution >= 0.6 is 0 Å². The van der Waals surface area contributed by atoms with Crippen LogP contribution in [0, 0.1) is 6.92 Å². The normalized spacial score (nSPS) is 14.2. The minimum Gasteiger partial charge on any atom is -0.409 e. The van der Waals surface area contributed by atoms with Gasteiger partial charge in [-0.1, -0.05) is 18.1 Å². The van der Waals surface area contributed by atoms with E-state index in [1.54, 1.807) is 6.92 Å². The number of oxime groups is 1. The number of halogens is 3. The Bertz CT molecular complexity index is 486. The molecule has 1 aromatic rings. The van der Waals surface area contributed by atoms with Crippen molar-refractivity contribution in [1.82, 2.24) is 0 Å². The highest BCUT2D eigenvalue weighted by molar-refractivity contribution is 5.80. The first-order valence-corrected chi connectivity index (χ1v) is 6.18. The molecule has 0 aliphatic carbocycles. The van der Waals surface area contributed by atoms with E-state index >= 15 is 0 Å². The molecule has 0 saturated carbocycles. The highest BCUT2D eigenvalue weighted by Crippen LogP contribution is 2.32. The largest absolute Gasteiger partial charge is 0.416 e. The number of alkyl halides is 3. The zero-order valence-electron chi connectivity index (χ0n) is 11.3. The number of nitrogens with two attached hydrogens (primary N) is 1. The van der Waals surface area contributed by atoms with Gasteiger partial charge < -0.3 is 16.3 Å². The molecule has 1 atom stereocenters. The van der Waals surface area contributed by atoms with Crippen LogP contribution in [-0.2, 0) is 6.18 Å². The summed E-state index contributed by atoms with van der Waals surface area (Å²) < 4.78 is 38.1. The monoisotopic (exact) mass is 289 g/mol. The molecule has 0 saturated heterocycles. The molecule has 1 rings (SSSR count). The third-order valence-corrected chi connectivity index (χ3v) is 3.00. The number of benzene rings is 1. The molecule has 112 valence electrons. The maximum atomic E-state index is 12.7. The summed E-state index contributed by atoms with van der Waals surface area (Å²) in [5.41, 5.74) is 5.82. The fourth-order valence-electron chi connectivity index (χ4n) is 1.76. The van der Waals surface area contributed by atoms with E-state index in [9.17, 15) is 13.2 Å². The van der Waals surface area contributed by atoms with Crippen LogP contribution in [0.15, 0.2) is 23.4 Å². The first-order chi connectivity index (χ1) is 9.27. The summed E-state index contributed by atoms with van der Waals surface area (Å²) in [6.45, 7) is 3.59. The van der Waals surface area contributed by atoms with Crippen LogP contribution in [-0.4, -0.2) is 17.1 Å². The molecular weight excluding hydrogens is 271 g/mol. The maximum absolute atomic E-state index is 12.7. The van der Waals surface area contributed by atoms with Crippen molar-refractivity contribution < 1.29 is 18.4 Å². The summed E-state index contributed by atoms with van der Waals surface area (Å²) in [5, 5.41) is 14.4. The first kappa shape index (κ1) is 16.1. The highest BCUT2D eigenvalue weighted by Gasteiger charge is 2.30. The fraction of sp³-hybridized carbons (Fsp3) is 0.462. The molecule has 0 spiro atoms. The van der Waals surface area contributed by atoms with Crippen LogP contribution < -0.4 is 11.1 Å². The molecule has 20 heavy (non-hydrogen) atoms. The summed E-state index contributed by atoms with van der Waals surface area (Å²) >= 11 is 0. The first-order valence-electron chi connectivity index (χ1n) is 6.18. The molecule has 0 radical (unpaired) electrons. The van der Waals surface area contributed by atoms with E-state index in [4.69, 9.17) is 10.9 Å². The smallest absolute Gasteiger partial charge is 0.409 e. The van der Waals surface area contributed by atoms with Crippen molar-refractivity contribution in [2.75, 3.05) is 5.32 Å². The maximum Gasteiger partial charge on any atom is 0.416 e. The van der Waals surface area contributed by atoms with Gasteiger partial charge in [-0.2, -0.15) is 13.2 Å². The molecule has 0 aromatic heterocycles. The molecule has 7 heteroatoms. The Balaban J connectivity index is 2.95. The number of rotatable bonds is 5. The van der Waals surface area contributed by atoms with Crippen LogP contribution in [0.1, 0.15) is 30.9 Å². The van der Waals surface area contributed by atoms with Gasteiger partial charge in [0.1, 0.15) is 5.84 Å². The highest BCUT2D eigenvalue weighted by atomic mass is 19.4. The standard InChI is InChI=1S/C13H18F3N3O/c1-3-10(7-12(17)19-20)18-11-6-9(13(14,15)16)5-4-8(11)2/h4-6,10,18,20H,3,7H2,1-2H3,(H2,17,19). The van der Waals surface area contributed by atoms with Crippen LogP contribution in [0.25, 0.3) is 0 Å². The average molecular weight is 289 g/mol. The van der Waals surface area contributed by atoms with Gasteiger partial charge in [-0.3, -0.25) is 0 Å². The van der Waals surface area contributed by atoms with Crippen molar-refractivity contribution in [3.8, 4) is 0 Å². The van der Waals surface area contributed by atoms with Crippen molar-refractivity contribution in [1.29, 1.82) is 0 Å². The second-order valence-electron chi connectivity index (χ2n) is 4.57. The molecule has 0 amide bonds. The van der Waals surface area contributed by atoms with E-state index in [-0.39, 0.29) is 18.3 Å². The van der Waals surface area contributed by atoms with Crippen molar-refractivity contribution in [2.45, 2.75) is 38.9 Å². The van der Waals surface area contributed by atoms with E-state index in [1.165, 1.54) is 6.07 Å². The lowest BCUT2D eigenvalue weighted by Gasteiger charge is -2.20. The number of nitrogens with zero attached hydrogens (tertiary/aromatic N) is 1. The Kier molecular flexibility index (Phi) is 5.24. The predicted molar refractivity (Wildman–Crippen MR) is 71.9 cm³/mol. The van der Waals surface area contributed by atoms with Gasteiger partial charge in [0.15, 0.2) is 0 Å². The van der Waals surface area contributed by atoms with Gasteiger partial charge in [0.2, 0.25) is 0 Å². The lowest BCUT2D eigenvalue weighted by molar-refractivity contribution is -0.137. The van der Waals surface area contributed by atoms with Crippen molar-refractivity contribution in [2.24, 2.45) is 10.9 Å². The van der Waals surface area contributed by atoms with Crippen molar-refractivity contribution in [3.63, 3.8) is 0 Å². The topological polar surface area (TPSA) is 70.6 Å². The van der Waals surface area contributed by atoms with Crippen molar-refractivity contribution >= 4 is 11.5 Å². The molecule has 4 nitrogen and oxygen atoms in total. The van der Waals surface area contributed by atoms with E-state index < -0.39 is 11.7 Å². The lowest BCUT2D eigenvalue weighted by atomic mass is 10.1. The quantitative estimate of drug-likeness (QED) is 0.337. The van der Waals surface area contributed by atoms with Gasteiger partial charge in [0, 0.05) is 18.2 Å². The molecule has 0 aliphatic rings. The third kappa shape index (κ3) is 4.32. The van der Waals surface area contributed by atoms with Gasteiger partial charge in [0.25, 0.3) is 0 Å². The van der Waals surface area contributed by atoms with Crippen LogP contribution in [0.4, 0.5) is 18.9 Å². The molecule has 0 bridgehead atoms. The molecule has 0 fully saturated rings. The molecule has 0 aliphatic heterocycles. The number of aryl methyl sites for hydroxylation is 1. The number of hydrogen-bond donors (Lipinski definition) is 3. The fourth-order valence-corrected chi connectivity index (χ4v) is 1.76. The Morgan fingerprint density at radius 2 is 2.10 bits per heavy atom. The summed E-state index contributed by atoms with van der Waals surface area (Å²) in [6, 6.07) is 3.34. The lowest BCUT2D eigenvalue weighted by Crippen LogP contribution is -2.27. The summed E-state index contributed by atoms with van der Waals surface area (Å²) in [4.78, 5) is 0. The Morgan fingerprint density at radius 3 is 2.60 bits per heavy atom. The van der Waals surface area contributed by atoms with E-state index in [0.29, 0.717) is 17.7 Å². The molecule has 4 N–H and O–H groups in total. The minimum absolute atomic E-state index is 0.0361. The number of hydrogen-bond acceptors (Lipinski definition) is 3. The number of anilines is 1. The van der Waals surface area contributed by atoms with Gasteiger partial charge in [-0.05, 0) is 31.0 Å². The zero-order chi connectivity index (χ0) is 15.3. The molecular formula is C13H18F3N3O. The summed E-state index contributed by atoms with van der Waals surface area (Å²) in [7, 11) is 0. The minimum atomic E-state index is -4.38. The SMILES string of the molecule is CCC(CC(N)=NO)Nc1cc(C(F)(F)F)ccc1C. The van der Waals surface area contributed by atoms with Crippen LogP contribution in [0.3, 0.4) is 0 Å². The second kappa shape index (κ2) is 6.49. The third-order valence-electron chi connectivity index (χ3n) is 3.00. The molecule has 0 heterocycles. The van der Waals surface area contributed by atoms with E-state index in [2.05, 4.69) is 10.5 Å². The summed E-state index contributed by atoms with van der Waals surface area (Å²) in [6.07, 6.45) is -3.49. The van der Waals surface area contributed by atoms with Crippen molar-refractivity contribution in [3.05, 3.63) is 29.3 Å². The van der Waals surface area contributed by atoms with Gasteiger partial charge in [0.05, 0.1) is 5.56 Å². The number of nitrogens with one attached hydrogen (secondary N) is 1. The van der Waals surface area contributed by atoms with Gasteiger partial charge >= 0.3 is 6.18 Å². The van der Waals surface area contributed by atoms with Gasteiger partial charge in [-0.15, -0.1) is 0 Å².